The van der Waals surface area contributed by atoms with Crippen molar-refractivity contribution >= 4 is 17.8 Å². The first-order valence-electron chi connectivity index (χ1n) is 6.26. The minimum absolute atomic E-state index is 0.366. The fourth-order valence-electron chi connectivity index (χ4n) is 1.85. The van der Waals surface area contributed by atoms with Crippen molar-refractivity contribution in [2.24, 2.45) is 5.10 Å². The Bertz CT molecular complexity index is 764. The molecule has 0 atom stereocenters. The van der Waals surface area contributed by atoms with Crippen molar-refractivity contribution < 1.29 is 19.2 Å². The van der Waals surface area contributed by atoms with Crippen molar-refractivity contribution in [1.82, 2.24) is 5.43 Å². The number of furan rings is 1. The van der Waals surface area contributed by atoms with Crippen LogP contribution in [0.4, 0.5) is 5.69 Å². The number of nitro benzene ring substituents is 1. The van der Waals surface area contributed by atoms with Gasteiger partial charge in [-0.05, 0) is 32.0 Å². The number of hydrogen-bond acceptors (Lipinski definition) is 6. The second-order valence-electron chi connectivity index (χ2n) is 4.53. The maximum absolute atomic E-state index is 11.9. The van der Waals surface area contributed by atoms with Crippen LogP contribution in [-0.2, 0) is 0 Å². The summed E-state index contributed by atoms with van der Waals surface area (Å²) in [5.74, 6) is 0.209. The van der Waals surface area contributed by atoms with E-state index in [1.807, 2.05) is 0 Å². The van der Waals surface area contributed by atoms with Crippen LogP contribution in [0.1, 0.15) is 27.4 Å². The largest absolute Gasteiger partial charge is 0.502 e. The molecule has 0 radical (unpaired) electrons. The first-order chi connectivity index (χ1) is 10.4. The molecule has 1 amide bonds. The smallest absolute Gasteiger partial charge is 0.311 e. The number of carbonyl (C=O) groups is 1. The Kier molecular flexibility index (Phi) is 4.21. The normalized spacial score (nSPS) is 10.8. The lowest BCUT2D eigenvalue weighted by Gasteiger charge is -1.99. The molecule has 0 saturated carbocycles. The summed E-state index contributed by atoms with van der Waals surface area (Å²) in [6.45, 7) is 3.39. The van der Waals surface area contributed by atoms with Crippen LogP contribution in [0.5, 0.6) is 5.75 Å². The van der Waals surface area contributed by atoms with Crippen LogP contribution < -0.4 is 5.43 Å². The van der Waals surface area contributed by atoms with E-state index in [1.165, 1.54) is 18.3 Å². The Morgan fingerprint density at radius 1 is 1.41 bits per heavy atom. The predicted molar refractivity (Wildman–Crippen MR) is 78.0 cm³/mol. The van der Waals surface area contributed by atoms with Crippen LogP contribution in [-0.4, -0.2) is 22.2 Å². The third kappa shape index (κ3) is 3.29. The molecule has 1 aromatic carbocycles. The number of rotatable bonds is 4. The zero-order valence-corrected chi connectivity index (χ0v) is 11.9. The molecule has 114 valence electrons. The van der Waals surface area contributed by atoms with Gasteiger partial charge < -0.3 is 9.52 Å². The Balaban J connectivity index is 2.10. The number of benzene rings is 1. The van der Waals surface area contributed by atoms with Gasteiger partial charge in [0, 0.05) is 11.6 Å². The Hall–Kier alpha value is -3.16. The van der Waals surface area contributed by atoms with E-state index in [0.29, 0.717) is 22.6 Å². The van der Waals surface area contributed by atoms with Crippen molar-refractivity contribution in [2.75, 3.05) is 0 Å². The average Bonchev–Trinajstić information content (AvgIpc) is 2.79. The zero-order valence-electron chi connectivity index (χ0n) is 11.9. The Morgan fingerprint density at radius 2 is 2.14 bits per heavy atom. The molecular weight excluding hydrogens is 290 g/mol. The molecule has 2 rings (SSSR count). The van der Waals surface area contributed by atoms with Gasteiger partial charge in [0.05, 0.1) is 16.7 Å². The van der Waals surface area contributed by atoms with Crippen molar-refractivity contribution in [3.63, 3.8) is 0 Å². The van der Waals surface area contributed by atoms with Gasteiger partial charge in [-0.1, -0.05) is 0 Å². The van der Waals surface area contributed by atoms with Gasteiger partial charge in [0.2, 0.25) is 0 Å². The van der Waals surface area contributed by atoms with E-state index in [-0.39, 0.29) is 0 Å². The van der Waals surface area contributed by atoms with E-state index in [0.717, 1.165) is 6.07 Å². The molecule has 0 saturated heterocycles. The highest BCUT2D eigenvalue weighted by molar-refractivity contribution is 5.95. The maximum Gasteiger partial charge on any atom is 0.311 e. The van der Waals surface area contributed by atoms with E-state index >= 15 is 0 Å². The molecule has 0 spiro atoms. The monoisotopic (exact) mass is 303 g/mol. The van der Waals surface area contributed by atoms with Gasteiger partial charge in [0.1, 0.15) is 11.5 Å². The zero-order chi connectivity index (χ0) is 16.3. The lowest BCUT2D eigenvalue weighted by Crippen LogP contribution is -2.17. The van der Waals surface area contributed by atoms with E-state index in [2.05, 4.69) is 10.5 Å². The number of nitrogens with one attached hydrogen (secondary N) is 1. The fraction of sp³-hybridized carbons (Fsp3) is 0.143. The van der Waals surface area contributed by atoms with Crippen molar-refractivity contribution in [3.8, 4) is 5.75 Å². The summed E-state index contributed by atoms with van der Waals surface area (Å²) in [6, 6.07) is 5.36. The molecule has 8 heteroatoms. The molecule has 0 bridgehead atoms. The summed E-state index contributed by atoms with van der Waals surface area (Å²) >= 11 is 0. The summed E-state index contributed by atoms with van der Waals surface area (Å²) in [5.41, 5.74) is 2.60. The number of hydrogen-bond donors (Lipinski definition) is 2. The van der Waals surface area contributed by atoms with Gasteiger partial charge >= 0.3 is 5.69 Å². The second-order valence-corrected chi connectivity index (χ2v) is 4.53. The molecule has 0 fully saturated rings. The minimum Gasteiger partial charge on any atom is -0.502 e. The first kappa shape index (κ1) is 15.2. The van der Waals surface area contributed by atoms with Crippen LogP contribution in [0.3, 0.4) is 0 Å². The molecule has 1 aromatic heterocycles. The summed E-state index contributed by atoms with van der Waals surface area (Å²) in [7, 11) is 0. The Labute approximate surface area is 125 Å². The van der Waals surface area contributed by atoms with Crippen LogP contribution in [0.25, 0.3) is 0 Å². The quantitative estimate of drug-likeness (QED) is 0.510. The van der Waals surface area contributed by atoms with Gasteiger partial charge in [-0.2, -0.15) is 5.10 Å². The number of phenols is 1. The molecule has 0 aliphatic heterocycles. The highest BCUT2D eigenvalue weighted by Crippen LogP contribution is 2.25. The molecule has 0 aliphatic rings. The molecule has 1 heterocycles. The van der Waals surface area contributed by atoms with Crippen LogP contribution in [0.15, 0.2) is 33.8 Å². The summed E-state index contributed by atoms with van der Waals surface area (Å²) in [5, 5.41) is 23.8. The van der Waals surface area contributed by atoms with E-state index in [4.69, 9.17) is 4.42 Å². The SMILES string of the molecule is Cc1cc(C(=O)N/N=C/c2ccc(O)c([N+](=O)[O-])c2)c(C)o1. The number of nitrogens with zero attached hydrogens (tertiary/aromatic N) is 2. The number of hydrazone groups is 1. The van der Waals surface area contributed by atoms with Crippen LogP contribution in [0.2, 0.25) is 0 Å². The standard InChI is InChI=1S/C14H13N3O5/c1-8-5-11(9(2)22-8)14(19)16-15-7-10-3-4-13(18)12(6-10)17(20)21/h3-7,18H,1-2H3,(H,16,19)/b15-7+. The van der Waals surface area contributed by atoms with Gasteiger partial charge in [-0.15, -0.1) is 0 Å². The number of nitro groups is 1. The molecule has 2 N–H and O–H groups in total. The lowest BCUT2D eigenvalue weighted by molar-refractivity contribution is -0.385. The predicted octanol–water partition coefficient (Wildman–Crippen LogP) is 2.27. The molecule has 22 heavy (non-hydrogen) atoms. The van der Waals surface area contributed by atoms with Gasteiger partial charge in [-0.3, -0.25) is 14.9 Å². The summed E-state index contributed by atoms with van der Waals surface area (Å²) in [6.07, 6.45) is 1.24. The number of carbonyl (C=O) groups excluding carboxylic acids is 1. The lowest BCUT2D eigenvalue weighted by atomic mass is 10.2. The van der Waals surface area contributed by atoms with Crippen molar-refractivity contribution in [2.45, 2.75) is 13.8 Å². The van der Waals surface area contributed by atoms with Crippen molar-refractivity contribution in [3.05, 3.63) is 57.0 Å². The van der Waals surface area contributed by atoms with Gasteiger partial charge in [0.25, 0.3) is 5.91 Å². The minimum atomic E-state index is -0.705. The third-order valence-corrected chi connectivity index (χ3v) is 2.86. The number of amides is 1. The van der Waals surface area contributed by atoms with E-state index in [9.17, 15) is 20.0 Å². The van der Waals surface area contributed by atoms with E-state index < -0.39 is 22.3 Å². The fourth-order valence-corrected chi connectivity index (χ4v) is 1.85. The summed E-state index contributed by atoms with van der Waals surface area (Å²) < 4.78 is 5.24. The van der Waals surface area contributed by atoms with Gasteiger partial charge in [-0.25, -0.2) is 5.43 Å². The second kappa shape index (κ2) is 6.08. The molecule has 2 aromatic rings. The average molecular weight is 303 g/mol. The van der Waals surface area contributed by atoms with Crippen LogP contribution >= 0.6 is 0 Å². The third-order valence-electron chi connectivity index (χ3n) is 2.86. The highest BCUT2D eigenvalue weighted by Gasteiger charge is 2.14. The van der Waals surface area contributed by atoms with Gasteiger partial charge in [0.15, 0.2) is 5.75 Å². The molecule has 8 nitrogen and oxygen atoms in total. The number of aromatic hydroxyl groups is 1. The Morgan fingerprint density at radius 3 is 2.73 bits per heavy atom. The number of phenolic OH excluding ortho intramolecular Hbond substituents is 1. The molecule has 0 aliphatic carbocycles. The van der Waals surface area contributed by atoms with E-state index in [1.54, 1.807) is 19.9 Å². The first-order valence-corrected chi connectivity index (χ1v) is 6.26. The number of aryl methyl sites for hydroxylation is 2. The maximum atomic E-state index is 11.9. The topological polar surface area (TPSA) is 118 Å². The van der Waals surface area contributed by atoms with Crippen LogP contribution in [0, 0.1) is 24.0 Å². The highest BCUT2D eigenvalue weighted by atomic mass is 16.6. The molecule has 0 unspecified atom stereocenters. The molecular formula is C14H13N3O5. The van der Waals surface area contributed by atoms with Crippen molar-refractivity contribution in [1.29, 1.82) is 0 Å². The summed E-state index contributed by atoms with van der Waals surface area (Å²) in [4.78, 5) is 21.9.